The molecule has 18 heavy (non-hydrogen) atoms. The van der Waals surface area contributed by atoms with Gasteiger partial charge in [-0.3, -0.25) is 4.90 Å². The topological polar surface area (TPSA) is 58.5 Å². The molecular formula is C13H21N3O2. The van der Waals surface area contributed by atoms with Crippen molar-refractivity contribution in [3.8, 4) is 0 Å². The zero-order valence-electron chi connectivity index (χ0n) is 11.3. The molecule has 1 fully saturated rings. The second-order valence-corrected chi connectivity index (χ2v) is 4.97. The second-order valence-electron chi connectivity index (χ2n) is 4.97. The number of hydrogen-bond donors (Lipinski definition) is 1. The van der Waals surface area contributed by atoms with Crippen LogP contribution in [0.4, 0.5) is 0 Å². The molecule has 1 aromatic heterocycles. The van der Waals surface area contributed by atoms with Crippen LogP contribution in [-0.4, -0.2) is 45.7 Å². The van der Waals surface area contributed by atoms with Crippen molar-refractivity contribution >= 4 is 0 Å². The zero-order chi connectivity index (χ0) is 13.1. The second kappa shape index (κ2) is 5.73. The lowest BCUT2D eigenvalue weighted by Crippen LogP contribution is -2.42. The third-order valence-electron chi connectivity index (χ3n) is 3.20. The molecule has 1 aliphatic heterocycles. The van der Waals surface area contributed by atoms with Crippen molar-refractivity contribution in [3.05, 3.63) is 23.3 Å². The standard InChI is InChI=1S/C13H21N3O2/c1-9(2)16-4-5-18-12(7-16)13-14-10(3)6-11(8-17)15-13/h6,9,12,17H,4-5,7-8H2,1-3H3. The fourth-order valence-corrected chi connectivity index (χ4v) is 2.18. The Morgan fingerprint density at radius 2 is 2.28 bits per heavy atom. The maximum Gasteiger partial charge on any atom is 0.159 e. The molecule has 1 unspecified atom stereocenters. The average molecular weight is 251 g/mol. The van der Waals surface area contributed by atoms with Crippen molar-refractivity contribution in [3.63, 3.8) is 0 Å². The predicted octanol–water partition coefficient (Wildman–Crippen LogP) is 1.06. The zero-order valence-corrected chi connectivity index (χ0v) is 11.3. The summed E-state index contributed by atoms with van der Waals surface area (Å²) in [5.41, 5.74) is 1.53. The van der Waals surface area contributed by atoms with Crippen molar-refractivity contribution in [2.45, 2.75) is 39.5 Å². The molecule has 2 heterocycles. The molecule has 1 aliphatic rings. The van der Waals surface area contributed by atoms with Crippen LogP contribution in [0.1, 0.15) is 37.2 Å². The van der Waals surface area contributed by atoms with Gasteiger partial charge in [-0.15, -0.1) is 0 Å². The third-order valence-corrected chi connectivity index (χ3v) is 3.20. The molecule has 0 saturated carbocycles. The van der Waals surface area contributed by atoms with Crippen molar-refractivity contribution in [1.29, 1.82) is 0 Å². The number of rotatable bonds is 3. The quantitative estimate of drug-likeness (QED) is 0.870. The first-order valence-corrected chi connectivity index (χ1v) is 6.41. The summed E-state index contributed by atoms with van der Waals surface area (Å²) in [4.78, 5) is 11.1. The van der Waals surface area contributed by atoms with Gasteiger partial charge in [0.1, 0.15) is 6.10 Å². The van der Waals surface area contributed by atoms with E-state index in [-0.39, 0.29) is 12.7 Å². The highest BCUT2D eigenvalue weighted by molar-refractivity contribution is 5.11. The van der Waals surface area contributed by atoms with Crippen LogP contribution in [-0.2, 0) is 11.3 Å². The smallest absolute Gasteiger partial charge is 0.159 e. The fourth-order valence-electron chi connectivity index (χ4n) is 2.18. The number of aryl methyl sites for hydroxylation is 1. The Morgan fingerprint density at radius 1 is 1.50 bits per heavy atom. The molecule has 1 N–H and O–H groups in total. The van der Waals surface area contributed by atoms with E-state index in [1.807, 2.05) is 6.92 Å². The Kier molecular flexibility index (Phi) is 4.27. The van der Waals surface area contributed by atoms with Gasteiger partial charge in [0.05, 0.1) is 18.9 Å². The van der Waals surface area contributed by atoms with Crippen LogP contribution in [0.15, 0.2) is 6.07 Å². The lowest BCUT2D eigenvalue weighted by molar-refractivity contribution is -0.0445. The lowest BCUT2D eigenvalue weighted by atomic mass is 10.2. The Balaban J connectivity index is 2.17. The number of nitrogens with zero attached hydrogens (tertiary/aromatic N) is 3. The van der Waals surface area contributed by atoms with Crippen LogP contribution in [0.25, 0.3) is 0 Å². The number of aromatic nitrogens is 2. The van der Waals surface area contributed by atoms with Crippen LogP contribution >= 0.6 is 0 Å². The average Bonchev–Trinajstić information content (AvgIpc) is 2.38. The summed E-state index contributed by atoms with van der Waals surface area (Å²) in [6, 6.07) is 2.30. The molecule has 5 heteroatoms. The van der Waals surface area contributed by atoms with E-state index in [4.69, 9.17) is 4.74 Å². The number of aliphatic hydroxyl groups is 1. The third kappa shape index (κ3) is 3.04. The van der Waals surface area contributed by atoms with Crippen LogP contribution in [0.3, 0.4) is 0 Å². The van der Waals surface area contributed by atoms with Gasteiger partial charge in [-0.25, -0.2) is 9.97 Å². The fraction of sp³-hybridized carbons (Fsp3) is 0.692. The molecule has 1 atom stereocenters. The predicted molar refractivity (Wildman–Crippen MR) is 68.1 cm³/mol. The van der Waals surface area contributed by atoms with Crippen LogP contribution in [0.5, 0.6) is 0 Å². The molecule has 100 valence electrons. The summed E-state index contributed by atoms with van der Waals surface area (Å²) in [7, 11) is 0. The highest BCUT2D eigenvalue weighted by Crippen LogP contribution is 2.21. The molecule has 1 aromatic rings. The molecule has 0 radical (unpaired) electrons. The van der Waals surface area contributed by atoms with Gasteiger partial charge in [0.2, 0.25) is 0 Å². The normalized spacial score (nSPS) is 21.5. The van der Waals surface area contributed by atoms with Gasteiger partial charge >= 0.3 is 0 Å². The first-order chi connectivity index (χ1) is 8.60. The molecule has 0 amide bonds. The minimum atomic E-state index is -0.0913. The number of ether oxygens (including phenoxy) is 1. The summed E-state index contributed by atoms with van der Waals surface area (Å²) >= 11 is 0. The monoisotopic (exact) mass is 251 g/mol. The first kappa shape index (κ1) is 13.4. The Hall–Kier alpha value is -1.04. The summed E-state index contributed by atoms with van der Waals surface area (Å²) in [6.07, 6.45) is -0.0913. The van der Waals surface area contributed by atoms with E-state index >= 15 is 0 Å². The van der Waals surface area contributed by atoms with E-state index in [2.05, 4.69) is 28.7 Å². The van der Waals surface area contributed by atoms with Gasteiger partial charge in [-0.05, 0) is 26.8 Å². The summed E-state index contributed by atoms with van der Waals surface area (Å²) < 4.78 is 5.75. The van der Waals surface area contributed by atoms with E-state index in [9.17, 15) is 5.11 Å². The van der Waals surface area contributed by atoms with E-state index in [1.54, 1.807) is 6.07 Å². The molecule has 5 nitrogen and oxygen atoms in total. The van der Waals surface area contributed by atoms with Crippen LogP contribution in [0, 0.1) is 6.92 Å². The molecule has 0 aromatic carbocycles. The highest BCUT2D eigenvalue weighted by Gasteiger charge is 2.25. The van der Waals surface area contributed by atoms with E-state index in [0.29, 0.717) is 24.2 Å². The van der Waals surface area contributed by atoms with E-state index in [1.165, 1.54) is 0 Å². The van der Waals surface area contributed by atoms with Gasteiger partial charge in [0, 0.05) is 24.8 Å². The van der Waals surface area contributed by atoms with Gasteiger partial charge in [-0.1, -0.05) is 0 Å². The van der Waals surface area contributed by atoms with Gasteiger partial charge in [0.25, 0.3) is 0 Å². The maximum atomic E-state index is 9.18. The molecule has 0 spiro atoms. The van der Waals surface area contributed by atoms with Crippen LogP contribution < -0.4 is 0 Å². The van der Waals surface area contributed by atoms with Gasteiger partial charge < -0.3 is 9.84 Å². The number of aliphatic hydroxyl groups excluding tert-OH is 1. The van der Waals surface area contributed by atoms with Crippen molar-refractivity contribution in [1.82, 2.24) is 14.9 Å². The van der Waals surface area contributed by atoms with E-state index < -0.39 is 0 Å². The lowest BCUT2D eigenvalue weighted by Gasteiger charge is -2.34. The molecule has 0 aliphatic carbocycles. The SMILES string of the molecule is Cc1cc(CO)nc(C2CN(C(C)C)CCO2)n1. The van der Waals surface area contributed by atoms with E-state index in [0.717, 1.165) is 18.8 Å². The van der Waals surface area contributed by atoms with Crippen LogP contribution in [0.2, 0.25) is 0 Å². The largest absolute Gasteiger partial charge is 0.390 e. The number of hydrogen-bond acceptors (Lipinski definition) is 5. The molecule has 0 bridgehead atoms. The highest BCUT2D eigenvalue weighted by atomic mass is 16.5. The summed E-state index contributed by atoms with van der Waals surface area (Å²) in [5, 5.41) is 9.18. The number of morpholine rings is 1. The van der Waals surface area contributed by atoms with Crippen molar-refractivity contribution < 1.29 is 9.84 Å². The molecular weight excluding hydrogens is 230 g/mol. The minimum absolute atomic E-state index is 0.0586. The van der Waals surface area contributed by atoms with Gasteiger partial charge in [0.15, 0.2) is 5.82 Å². The maximum absolute atomic E-state index is 9.18. The summed E-state index contributed by atoms with van der Waals surface area (Å²) in [6.45, 7) is 8.68. The Labute approximate surface area is 108 Å². The van der Waals surface area contributed by atoms with Gasteiger partial charge in [-0.2, -0.15) is 0 Å². The Bertz CT molecular complexity index is 409. The van der Waals surface area contributed by atoms with Crippen molar-refractivity contribution in [2.24, 2.45) is 0 Å². The molecule has 1 saturated heterocycles. The molecule has 2 rings (SSSR count). The Morgan fingerprint density at radius 3 is 2.94 bits per heavy atom. The van der Waals surface area contributed by atoms with Crippen molar-refractivity contribution in [2.75, 3.05) is 19.7 Å². The summed E-state index contributed by atoms with van der Waals surface area (Å²) in [5.74, 6) is 0.685. The minimum Gasteiger partial charge on any atom is -0.390 e. The first-order valence-electron chi connectivity index (χ1n) is 6.41.